The summed E-state index contributed by atoms with van der Waals surface area (Å²) in [6.45, 7) is 0. The van der Waals surface area contributed by atoms with Crippen molar-refractivity contribution in [3.05, 3.63) is 182 Å². The maximum absolute atomic E-state index is 11.2. The van der Waals surface area contributed by atoms with Crippen LogP contribution in [0.3, 0.4) is 0 Å². The molecular formula is C48H30N3O2Pt-. The standard InChI is InChI=1S/C48H30N3O2.Pt/c52-44-24-11-8-20-39(44)48-50-47-37(21-13-23-43(47)51(48)42-22-10-7-18-36(42)32-16-5-2-6-17-32)34-26-33(31-14-3-1-4-15-31)27-35(28-34)41-29-40-38-19-9-12-25-45(38)53-46(40)30-49-41;/h1-27,29-30,52H;/q-1;. The first-order valence-electron chi connectivity index (χ1n) is 17.5. The van der Waals surface area contributed by atoms with E-state index in [0.29, 0.717) is 11.4 Å². The number of hydrogen-bond acceptors (Lipinski definition) is 4. The quantitative estimate of drug-likeness (QED) is 0.169. The number of imidazole rings is 1. The summed E-state index contributed by atoms with van der Waals surface area (Å²) >= 11 is 0. The Morgan fingerprint density at radius 2 is 1.20 bits per heavy atom. The van der Waals surface area contributed by atoms with Crippen LogP contribution in [0.15, 0.2) is 180 Å². The van der Waals surface area contributed by atoms with Crippen LogP contribution in [-0.4, -0.2) is 19.6 Å². The second-order valence-corrected chi connectivity index (χ2v) is 13.1. The number of nitrogens with zero attached hydrogens (tertiary/aromatic N) is 3. The van der Waals surface area contributed by atoms with E-state index in [1.807, 2.05) is 54.6 Å². The minimum absolute atomic E-state index is 0. The maximum Gasteiger partial charge on any atom is 0.152 e. The first-order valence-corrected chi connectivity index (χ1v) is 17.5. The number of furan rings is 1. The van der Waals surface area contributed by atoms with Gasteiger partial charge in [-0.2, -0.15) is 0 Å². The first kappa shape index (κ1) is 33.3. The Hall–Kier alpha value is -6.55. The molecule has 260 valence electrons. The van der Waals surface area contributed by atoms with E-state index in [2.05, 4.69) is 120 Å². The van der Waals surface area contributed by atoms with Crippen LogP contribution in [-0.2, 0) is 21.1 Å². The number of fused-ring (bicyclic) bond motifs is 4. The average Bonchev–Trinajstić information content (AvgIpc) is 3.80. The summed E-state index contributed by atoms with van der Waals surface area (Å²) in [5, 5.41) is 13.3. The van der Waals surface area contributed by atoms with Crippen LogP contribution in [0.1, 0.15) is 0 Å². The molecule has 6 heteroatoms. The van der Waals surface area contributed by atoms with Crippen LogP contribution in [0.25, 0.3) is 94.7 Å². The van der Waals surface area contributed by atoms with Crippen molar-refractivity contribution in [1.29, 1.82) is 0 Å². The fourth-order valence-corrected chi connectivity index (χ4v) is 7.36. The molecule has 0 amide bonds. The molecule has 10 rings (SSSR count). The summed E-state index contributed by atoms with van der Waals surface area (Å²) in [5.41, 5.74) is 12.6. The van der Waals surface area contributed by atoms with Crippen molar-refractivity contribution in [2.75, 3.05) is 0 Å². The van der Waals surface area contributed by atoms with Crippen molar-refractivity contribution < 1.29 is 30.6 Å². The number of benzene rings is 7. The molecule has 0 unspecified atom stereocenters. The number of aromatic nitrogens is 3. The van der Waals surface area contributed by atoms with E-state index < -0.39 is 0 Å². The number of pyridine rings is 1. The molecule has 0 saturated carbocycles. The first-order chi connectivity index (χ1) is 26.2. The molecular weight excluding hydrogens is 846 g/mol. The van der Waals surface area contributed by atoms with Gasteiger partial charge in [0.1, 0.15) is 17.2 Å². The minimum Gasteiger partial charge on any atom is -0.507 e. The van der Waals surface area contributed by atoms with Gasteiger partial charge >= 0.3 is 0 Å². The molecule has 0 saturated heterocycles. The third kappa shape index (κ3) is 5.71. The molecule has 0 aliphatic heterocycles. The van der Waals surface area contributed by atoms with Gasteiger partial charge in [-0.25, -0.2) is 4.98 Å². The van der Waals surface area contributed by atoms with Gasteiger partial charge in [0.15, 0.2) is 5.58 Å². The summed E-state index contributed by atoms with van der Waals surface area (Å²) in [4.78, 5) is 10.2. The number of aromatic hydroxyl groups is 1. The topological polar surface area (TPSA) is 64.1 Å². The summed E-state index contributed by atoms with van der Waals surface area (Å²) in [5.74, 6) is 0.809. The van der Waals surface area contributed by atoms with Crippen LogP contribution in [0.5, 0.6) is 5.75 Å². The van der Waals surface area contributed by atoms with Gasteiger partial charge in [-0.1, -0.05) is 144 Å². The van der Waals surface area contributed by atoms with E-state index in [1.54, 1.807) is 12.3 Å². The predicted molar refractivity (Wildman–Crippen MR) is 214 cm³/mol. The summed E-state index contributed by atoms with van der Waals surface area (Å²) in [6.07, 6.45) is 1.80. The Labute approximate surface area is 326 Å². The van der Waals surface area contributed by atoms with Crippen molar-refractivity contribution in [2.24, 2.45) is 0 Å². The fraction of sp³-hybridized carbons (Fsp3) is 0. The third-order valence-corrected chi connectivity index (χ3v) is 9.87. The molecule has 7 aromatic carbocycles. The third-order valence-electron chi connectivity index (χ3n) is 9.87. The van der Waals surface area contributed by atoms with Gasteiger partial charge in [-0.15, -0.1) is 23.8 Å². The molecule has 1 N–H and O–H groups in total. The SMILES string of the molecule is Oc1ccccc1-c1nc2c(-c3[c-]c(-c4cc5c(cn4)oc4ccccc45)cc(-c4ccccc4)c3)cccc2n1-c1ccccc1-c1ccccc1.[Pt]. The molecule has 3 aromatic heterocycles. The van der Waals surface area contributed by atoms with E-state index in [0.717, 1.165) is 83.3 Å². The monoisotopic (exact) mass is 875 g/mol. The number of rotatable bonds is 6. The number of hydrogen-bond donors (Lipinski definition) is 1. The van der Waals surface area contributed by atoms with Crippen molar-refractivity contribution >= 4 is 33.0 Å². The number of para-hydroxylation sites is 4. The molecule has 0 fully saturated rings. The average molecular weight is 876 g/mol. The number of phenols is 1. The maximum atomic E-state index is 11.2. The zero-order valence-electron chi connectivity index (χ0n) is 28.8. The zero-order valence-corrected chi connectivity index (χ0v) is 31.0. The van der Waals surface area contributed by atoms with Crippen molar-refractivity contribution in [3.63, 3.8) is 0 Å². The molecule has 0 spiro atoms. The fourth-order valence-electron chi connectivity index (χ4n) is 7.36. The van der Waals surface area contributed by atoms with E-state index in [-0.39, 0.29) is 26.8 Å². The molecule has 10 aromatic rings. The number of phenolic OH excluding ortho intramolecular Hbond substituents is 1. The normalized spacial score (nSPS) is 11.3. The predicted octanol–water partition coefficient (Wildman–Crippen LogP) is 12.2. The Morgan fingerprint density at radius 1 is 0.537 bits per heavy atom. The smallest absolute Gasteiger partial charge is 0.152 e. The summed E-state index contributed by atoms with van der Waals surface area (Å²) < 4.78 is 8.27. The van der Waals surface area contributed by atoms with Crippen LogP contribution in [0, 0.1) is 6.07 Å². The molecule has 0 atom stereocenters. The van der Waals surface area contributed by atoms with Crippen LogP contribution >= 0.6 is 0 Å². The minimum atomic E-state index is 0. The Morgan fingerprint density at radius 3 is 2.02 bits per heavy atom. The van der Waals surface area contributed by atoms with Gasteiger partial charge < -0.3 is 9.52 Å². The largest absolute Gasteiger partial charge is 0.507 e. The van der Waals surface area contributed by atoms with E-state index in [4.69, 9.17) is 14.4 Å². The van der Waals surface area contributed by atoms with E-state index in [1.165, 1.54) is 0 Å². The zero-order chi connectivity index (χ0) is 35.3. The van der Waals surface area contributed by atoms with Gasteiger partial charge in [-0.3, -0.25) is 9.55 Å². The Balaban J connectivity index is 0.00000384. The van der Waals surface area contributed by atoms with Gasteiger partial charge in [0.25, 0.3) is 0 Å². The summed E-state index contributed by atoms with van der Waals surface area (Å²) in [6, 6.07) is 61.0. The molecule has 3 heterocycles. The summed E-state index contributed by atoms with van der Waals surface area (Å²) in [7, 11) is 0. The second kappa shape index (κ2) is 13.8. The Kier molecular flexibility index (Phi) is 8.49. The van der Waals surface area contributed by atoms with Crippen molar-refractivity contribution in [3.8, 4) is 67.5 Å². The van der Waals surface area contributed by atoms with Crippen molar-refractivity contribution in [1.82, 2.24) is 14.5 Å². The van der Waals surface area contributed by atoms with E-state index >= 15 is 0 Å². The molecule has 0 aliphatic carbocycles. The van der Waals surface area contributed by atoms with Crippen LogP contribution in [0.2, 0.25) is 0 Å². The molecule has 0 bridgehead atoms. The molecule has 5 nitrogen and oxygen atoms in total. The Bertz CT molecular complexity index is 2970. The van der Waals surface area contributed by atoms with E-state index in [9.17, 15) is 5.11 Å². The molecule has 0 aliphatic rings. The van der Waals surface area contributed by atoms with Gasteiger partial charge in [-0.05, 0) is 41.5 Å². The second-order valence-electron chi connectivity index (χ2n) is 13.1. The van der Waals surface area contributed by atoms with Crippen LogP contribution in [0.4, 0.5) is 0 Å². The molecule has 0 radical (unpaired) electrons. The van der Waals surface area contributed by atoms with Gasteiger partial charge in [0, 0.05) is 43.1 Å². The van der Waals surface area contributed by atoms with Gasteiger partial charge in [0.2, 0.25) is 0 Å². The molecule has 54 heavy (non-hydrogen) atoms. The van der Waals surface area contributed by atoms with Crippen molar-refractivity contribution in [2.45, 2.75) is 0 Å². The van der Waals surface area contributed by atoms with Gasteiger partial charge in [0.05, 0.1) is 28.5 Å². The van der Waals surface area contributed by atoms with Crippen LogP contribution < -0.4 is 0 Å².